The van der Waals surface area contributed by atoms with Crippen molar-refractivity contribution in [2.24, 2.45) is 10.2 Å². The summed E-state index contributed by atoms with van der Waals surface area (Å²) in [4.78, 5) is 0. The lowest BCUT2D eigenvalue weighted by Crippen LogP contribution is -2.01. The van der Waals surface area contributed by atoms with Crippen molar-refractivity contribution < 1.29 is 0 Å². The number of benzene rings is 2. The van der Waals surface area contributed by atoms with Gasteiger partial charge in [0.15, 0.2) is 0 Å². The third-order valence-corrected chi connectivity index (χ3v) is 6.45. The van der Waals surface area contributed by atoms with Crippen LogP contribution in [0, 0.1) is 0 Å². The highest BCUT2D eigenvalue weighted by molar-refractivity contribution is 5.61. The Morgan fingerprint density at radius 2 is 0.594 bits per heavy atom. The lowest BCUT2D eigenvalue weighted by atomic mass is 9.87. The Kier molecular flexibility index (Phi) is 8.85. The molecule has 0 saturated heterocycles. The van der Waals surface area contributed by atoms with Gasteiger partial charge in [-0.2, -0.15) is 0 Å². The van der Waals surface area contributed by atoms with Crippen molar-refractivity contribution in [1.82, 2.24) is 0 Å². The van der Waals surface area contributed by atoms with E-state index >= 15 is 0 Å². The topological polar surface area (TPSA) is 24.7 Å². The van der Waals surface area contributed by atoms with E-state index in [1.165, 1.54) is 33.4 Å². The molecule has 0 spiro atoms. The molecule has 0 aliphatic rings. The van der Waals surface area contributed by atoms with Gasteiger partial charge in [-0.3, -0.25) is 0 Å². The fraction of sp³-hybridized carbons (Fsp3) is 0.600. The molecule has 0 aliphatic carbocycles. The van der Waals surface area contributed by atoms with Crippen LogP contribution < -0.4 is 0 Å². The molecule has 0 aromatic heterocycles. The summed E-state index contributed by atoms with van der Waals surface area (Å²) in [6.07, 6.45) is 0. The minimum atomic E-state index is 0.401. The Morgan fingerprint density at radius 1 is 0.375 bits per heavy atom. The molecule has 0 atom stereocenters. The maximum Gasteiger partial charge on any atom is 0.0926 e. The fourth-order valence-corrected chi connectivity index (χ4v) is 4.17. The van der Waals surface area contributed by atoms with Crippen molar-refractivity contribution in [1.29, 1.82) is 0 Å². The van der Waals surface area contributed by atoms with Crippen LogP contribution in [0.2, 0.25) is 0 Å². The van der Waals surface area contributed by atoms with Crippen LogP contribution in [0.4, 0.5) is 11.4 Å². The maximum absolute atomic E-state index is 5.00. The smallest absolute Gasteiger partial charge is 0.0926 e. The van der Waals surface area contributed by atoms with E-state index in [9.17, 15) is 0 Å². The van der Waals surface area contributed by atoms with Gasteiger partial charge in [0, 0.05) is 0 Å². The molecule has 2 rings (SSSR count). The van der Waals surface area contributed by atoms with E-state index < -0.39 is 0 Å². The van der Waals surface area contributed by atoms with E-state index in [0.29, 0.717) is 35.5 Å². The van der Waals surface area contributed by atoms with Crippen LogP contribution in [0.5, 0.6) is 0 Å². The minimum absolute atomic E-state index is 0.401. The van der Waals surface area contributed by atoms with Crippen LogP contribution in [0.25, 0.3) is 0 Å². The first kappa shape index (κ1) is 26.3. The van der Waals surface area contributed by atoms with Crippen LogP contribution in [0.1, 0.15) is 152 Å². The third-order valence-electron chi connectivity index (χ3n) is 6.45. The molecule has 2 heteroatoms. The fourth-order valence-electron chi connectivity index (χ4n) is 4.17. The molecule has 2 aromatic rings. The molecule has 2 aromatic carbocycles. The van der Waals surface area contributed by atoms with E-state index in [-0.39, 0.29) is 0 Å². The van der Waals surface area contributed by atoms with Gasteiger partial charge in [-0.15, -0.1) is 10.2 Å². The van der Waals surface area contributed by atoms with Gasteiger partial charge >= 0.3 is 0 Å². The average Bonchev–Trinajstić information content (AvgIpc) is 2.70. The van der Waals surface area contributed by atoms with Gasteiger partial charge in [-0.05, 0) is 68.9 Å². The van der Waals surface area contributed by atoms with Gasteiger partial charge in [0.2, 0.25) is 0 Å². The Labute approximate surface area is 198 Å². The Balaban J connectivity index is 2.79. The third kappa shape index (κ3) is 5.88. The molecule has 0 N–H and O–H groups in total. The van der Waals surface area contributed by atoms with E-state index in [4.69, 9.17) is 10.2 Å². The van der Waals surface area contributed by atoms with Crippen molar-refractivity contribution >= 4 is 11.4 Å². The summed E-state index contributed by atoms with van der Waals surface area (Å²) in [6, 6.07) is 9.41. The molecule has 0 heterocycles. The monoisotopic (exact) mass is 434 g/mol. The summed E-state index contributed by atoms with van der Waals surface area (Å²) in [7, 11) is 0. The molecule has 0 fully saturated rings. The van der Waals surface area contributed by atoms with Crippen LogP contribution in [0.15, 0.2) is 34.5 Å². The highest BCUT2D eigenvalue weighted by Gasteiger charge is 2.20. The molecule has 0 unspecified atom stereocenters. The predicted molar refractivity (Wildman–Crippen MR) is 142 cm³/mol. The van der Waals surface area contributed by atoms with E-state index in [0.717, 1.165) is 11.4 Å². The molecule has 0 aliphatic heterocycles. The number of hydrogen-bond acceptors (Lipinski definition) is 2. The molecule has 32 heavy (non-hydrogen) atoms. The van der Waals surface area contributed by atoms with Crippen molar-refractivity contribution in [3.63, 3.8) is 0 Å². The Hall–Kier alpha value is -1.96. The molecular weight excluding hydrogens is 388 g/mol. The second-order valence-corrected chi connectivity index (χ2v) is 11.2. The summed E-state index contributed by atoms with van der Waals surface area (Å²) >= 11 is 0. The summed E-state index contributed by atoms with van der Waals surface area (Å²) in [5.74, 6) is 2.60. The van der Waals surface area contributed by atoms with Crippen LogP contribution in [-0.2, 0) is 0 Å². The number of hydrogen-bond donors (Lipinski definition) is 0. The van der Waals surface area contributed by atoms with Crippen LogP contribution in [0.3, 0.4) is 0 Å². The number of azo groups is 1. The molecular formula is C30H46N2. The summed E-state index contributed by atoms with van der Waals surface area (Å²) < 4.78 is 0. The van der Waals surface area contributed by atoms with Crippen molar-refractivity contribution in [2.45, 2.75) is 119 Å². The first-order valence-electron chi connectivity index (χ1n) is 12.6. The SMILES string of the molecule is CC(C)c1cc(C(C)C)c(/N=N/c2c(C(C)C)cc(C(C)C)cc2C(C)C)c(C(C)C)c1. The minimum Gasteiger partial charge on any atom is -0.150 e. The van der Waals surface area contributed by atoms with Crippen LogP contribution >= 0.6 is 0 Å². The molecule has 2 nitrogen and oxygen atoms in total. The summed E-state index contributed by atoms with van der Waals surface area (Å²) in [6.45, 7) is 27.2. The highest BCUT2D eigenvalue weighted by atomic mass is 15.1. The van der Waals surface area contributed by atoms with Gasteiger partial charge < -0.3 is 0 Å². The van der Waals surface area contributed by atoms with Gasteiger partial charge in [0.25, 0.3) is 0 Å². The molecule has 0 saturated carbocycles. The zero-order valence-corrected chi connectivity index (χ0v) is 22.7. The average molecular weight is 435 g/mol. The van der Waals surface area contributed by atoms with Gasteiger partial charge in [-0.25, -0.2) is 0 Å². The van der Waals surface area contributed by atoms with Gasteiger partial charge in [-0.1, -0.05) is 107 Å². The van der Waals surface area contributed by atoms with Gasteiger partial charge in [0.1, 0.15) is 0 Å². The molecule has 0 radical (unpaired) electrons. The quantitative estimate of drug-likeness (QED) is 0.369. The second kappa shape index (κ2) is 10.8. The van der Waals surface area contributed by atoms with Crippen molar-refractivity contribution in [2.75, 3.05) is 0 Å². The number of rotatable bonds is 8. The largest absolute Gasteiger partial charge is 0.150 e. The lowest BCUT2D eigenvalue weighted by molar-refractivity contribution is 0.794. The Morgan fingerprint density at radius 3 is 0.750 bits per heavy atom. The highest BCUT2D eigenvalue weighted by Crippen LogP contribution is 2.42. The molecule has 176 valence electrons. The summed E-state index contributed by atoms with van der Waals surface area (Å²) in [5, 5.41) is 10.0. The standard InChI is InChI=1S/C30H46N2/c1-17(2)23-13-25(19(5)6)29(26(14-23)20(7)8)31-32-30-27(21(9)10)15-24(18(3)4)16-28(30)22(11)12/h13-22H,1-12H3/b32-31+. The van der Waals surface area contributed by atoms with E-state index in [1.54, 1.807) is 0 Å². The first-order valence-corrected chi connectivity index (χ1v) is 12.6. The van der Waals surface area contributed by atoms with Crippen molar-refractivity contribution in [3.05, 3.63) is 57.6 Å². The zero-order valence-electron chi connectivity index (χ0n) is 22.7. The second-order valence-electron chi connectivity index (χ2n) is 11.2. The zero-order chi connectivity index (χ0) is 24.3. The number of nitrogens with zero attached hydrogens (tertiary/aromatic N) is 2. The van der Waals surface area contributed by atoms with E-state index in [1.807, 2.05) is 0 Å². The van der Waals surface area contributed by atoms with Gasteiger partial charge in [0.05, 0.1) is 11.4 Å². The Bertz CT molecular complexity index is 808. The van der Waals surface area contributed by atoms with Crippen molar-refractivity contribution in [3.8, 4) is 0 Å². The summed E-state index contributed by atoms with van der Waals surface area (Å²) in [5.41, 5.74) is 10.1. The maximum atomic E-state index is 5.00. The molecule has 0 amide bonds. The first-order chi connectivity index (χ1) is 14.8. The van der Waals surface area contributed by atoms with E-state index in [2.05, 4.69) is 107 Å². The van der Waals surface area contributed by atoms with Crippen LogP contribution in [-0.4, -0.2) is 0 Å². The normalized spacial score (nSPS) is 12.7. The lowest BCUT2D eigenvalue weighted by Gasteiger charge is -2.21. The molecule has 0 bridgehead atoms. The predicted octanol–water partition coefficient (Wildman–Crippen LogP) is 10.8.